The first-order valence-corrected chi connectivity index (χ1v) is 6.82. The van der Waals surface area contributed by atoms with Crippen molar-refractivity contribution >= 4 is 0 Å². The zero-order chi connectivity index (χ0) is 13.2. The number of hydrogen-bond acceptors (Lipinski definition) is 3. The zero-order valence-electron chi connectivity index (χ0n) is 11.8. The second-order valence-corrected chi connectivity index (χ2v) is 4.30. The highest BCUT2D eigenvalue weighted by molar-refractivity contribution is 5.42. The van der Waals surface area contributed by atoms with Crippen molar-refractivity contribution in [2.45, 2.75) is 39.7 Å². The van der Waals surface area contributed by atoms with Crippen molar-refractivity contribution in [1.29, 1.82) is 0 Å². The molecule has 102 valence electrons. The Morgan fingerprint density at radius 3 is 2.61 bits per heavy atom. The first kappa shape index (κ1) is 14.8. The average Bonchev–Trinajstić information content (AvgIpc) is 2.39. The predicted molar refractivity (Wildman–Crippen MR) is 75.4 cm³/mol. The van der Waals surface area contributed by atoms with Gasteiger partial charge >= 0.3 is 0 Å². The normalized spacial score (nSPS) is 10.4. The lowest BCUT2D eigenvalue weighted by Crippen LogP contribution is -2.14. The molecule has 1 aromatic rings. The Kier molecular flexibility index (Phi) is 7.26. The molecule has 0 saturated carbocycles. The molecule has 0 spiro atoms. The topological polar surface area (TPSA) is 30.5 Å². The highest BCUT2D eigenvalue weighted by atomic mass is 16.5. The minimum atomic E-state index is 0.656. The van der Waals surface area contributed by atoms with Crippen molar-refractivity contribution in [1.82, 2.24) is 5.32 Å². The van der Waals surface area contributed by atoms with Crippen LogP contribution in [0.5, 0.6) is 11.5 Å². The van der Waals surface area contributed by atoms with Crippen LogP contribution in [0.1, 0.15) is 38.7 Å². The van der Waals surface area contributed by atoms with Crippen molar-refractivity contribution in [3.63, 3.8) is 0 Å². The van der Waals surface area contributed by atoms with Crippen molar-refractivity contribution in [2.24, 2.45) is 0 Å². The molecule has 0 radical (unpaired) electrons. The molecular weight excluding hydrogens is 226 g/mol. The molecule has 0 bridgehead atoms. The first-order valence-electron chi connectivity index (χ1n) is 6.82. The van der Waals surface area contributed by atoms with E-state index < -0.39 is 0 Å². The van der Waals surface area contributed by atoms with Gasteiger partial charge in [-0.15, -0.1) is 0 Å². The SMILES string of the molecule is CCCCCNCc1ccc(OC)c(OCC)c1. The van der Waals surface area contributed by atoms with E-state index in [1.807, 2.05) is 13.0 Å². The van der Waals surface area contributed by atoms with E-state index in [9.17, 15) is 0 Å². The third-order valence-electron chi connectivity index (χ3n) is 2.81. The molecule has 18 heavy (non-hydrogen) atoms. The number of ether oxygens (including phenoxy) is 2. The van der Waals surface area contributed by atoms with E-state index >= 15 is 0 Å². The summed E-state index contributed by atoms with van der Waals surface area (Å²) < 4.78 is 10.8. The van der Waals surface area contributed by atoms with Crippen LogP contribution in [-0.2, 0) is 6.54 Å². The van der Waals surface area contributed by atoms with E-state index in [1.165, 1.54) is 24.8 Å². The van der Waals surface area contributed by atoms with Crippen LogP contribution < -0.4 is 14.8 Å². The Morgan fingerprint density at radius 1 is 1.11 bits per heavy atom. The van der Waals surface area contributed by atoms with Crippen LogP contribution in [0.4, 0.5) is 0 Å². The van der Waals surface area contributed by atoms with Crippen molar-refractivity contribution in [3.05, 3.63) is 23.8 Å². The van der Waals surface area contributed by atoms with E-state index in [2.05, 4.69) is 24.4 Å². The molecule has 3 heteroatoms. The van der Waals surface area contributed by atoms with E-state index in [1.54, 1.807) is 7.11 Å². The van der Waals surface area contributed by atoms with Gasteiger partial charge in [0.1, 0.15) is 0 Å². The quantitative estimate of drug-likeness (QED) is 0.683. The number of rotatable bonds is 9. The van der Waals surface area contributed by atoms with Crippen molar-refractivity contribution in [2.75, 3.05) is 20.3 Å². The monoisotopic (exact) mass is 251 g/mol. The van der Waals surface area contributed by atoms with Gasteiger partial charge in [0, 0.05) is 6.54 Å². The van der Waals surface area contributed by atoms with Gasteiger partial charge in [-0.05, 0) is 37.6 Å². The summed E-state index contributed by atoms with van der Waals surface area (Å²) in [6, 6.07) is 6.09. The lowest BCUT2D eigenvalue weighted by atomic mass is 10.2. The summed E-state index contributed by atoms with van der Waals surface area (Å²) in [4.78, 5) is 0. The summed E-state index contributed by atoms with van der Waals surface area (Å²) in [6.45, 7) is 6.81. The number of methoxy groups -OCH3 is 1. The minimum Gasteiger partial charge on any atom is -0.493 e. The molecule has 0 heterocycles. The molecule has 0 fully saturated rings. The Morgan fingerprint density at radius 2 is 1.94 bits per heavy atom. The third-order valence-corrected chi connectivity index (χ3v) is 2.81. The van der Waals surface area contributed by atoms with Gasteiger partial charge in [0.25, 0.3) is 0 Å². The first-order chi connectivity index (χ1) is 8.81. The summed E-state index contributed by atoms with van der Waals surface area (Å²) in [6.07, 6.45) is 3.80. The molecule has 0 aromatic heterocycles. The number of benzene rings is 1. The highest BCUT2D eigenvalue weighted by Gasteiger charge is 2.04. The number of nitrogens with one attached hydrogen (secondary N) is 1. The van der Waals surface area contributed by atoms with E-state index in [0.29, 0.717) is 6.61 Å². The van der Waals surface area contributed by atoms with E-state index in [-0.39, 0.29) is 0 Å². The molecule has 1 aromatic carbocycles. The maximum Gasteiger partial charge on any atom is 0.161 e. The van der Waals surface area contributed by atoms with E-state index in [0.717, 1.165) is 24.6 Å². The molecule has 0 aliphatic rings. The highest BCUT2D eigenvalue weighted by Crippen LogP contribution is 2.27. The molecule has 0 amide bonds. The van der Waals surface area contributed by atoms with Crippen LogP contribution in [0.2, 0.25) is 0 Å². The van der Waals surface area contributed by atoms with Crippen LogP contribution in [0, 0.1) is 0 Å². The second-order valence-electron chi connectivity index (χ2n) is 4.30. The van der Waals surface area contributed by atoms with Gasteiger partial charge in [-0.2, -0.15) is 0 Å². The lowest BCUT2D eigenvalue weighted by molar-refractivity contribution is 0.310. The third kappa shape index (κ3) is 4.96. The molecule has 1 N–H and O–H groups in total. The summed E-state index contributed by atoms with van der Waals surface area (Å²) >= 11 is 0. The molecule has 3 nitrogen and oxygen atoms in total. The fourth-order valence-corrected chi connectivity index (χ4v) is 1.83. The van der Waals surface area contributed by atoms with Crippen LogP contribution >= 0.6 is 0 Å². The van der Waals surface area contributed by atoms with E-state index in [4.69, 9.17) is 9.47 Å². The van der Waals surface area contributed by atoms with Crippen LogP contribution in [0.15, 0.2) is 18.2 Å². The van der Waals surface area contributed by atoms with Crippen molar-refractivity contribution < 1.29 is 9.47 Å². The van der Waals surface area contributed by atoms with Crippen molar-refractivity contribution in [3.8, 4) is 11.5 Å². The lowest BCUT2D eigenvalue weighted by Gasteiger charge is -2.11. The fourth-order valence-electron chi connectivity index (χ4n) is 1.83. The van der Waals surface area contributed by atoms with Gasteiger partial charge < -0.3 is 14.8 Å². The number of unbranched alkanes of at least 4 members (excludes halogenated alkanes) is 2. The van der Waals surface area contributed by atoms with Crippen LogP contribution in [-0.4, -0.2) is 20.3 Å². The molecular formula is C15H25NO2. The Bertz CT molecular complexity index is 339. The molecule has 0 unspecified atom stereocenters. The predicted octanol–water partition coefficient (Wildman–Crippen LogP) is 3.37. The van der Waals surface area contributed by atoms with Gasteiger partial charge in [-0.3, -0.25) is 0 Å². The maximum atomic E-state index is 5.56. The van der Waals surface area contributed by atoms with Gasteiger partial charge in [0.05, 0.1) is 13.7 Å². The molecule has 1 rings (SSSR count). The van der Waals surface area contributed by atoms with Gasteiger partial charge in [-0.1, -0.05) is 25.8 Å². The second kappa shape index (κ2) is 8.81. The average molecular weight is 251 g/mol. The molecule has 0 atom stereocenters. The Hall–Kier alpha value is -1.22. The van der Waals surface area contributed by atoms with Gasteiger partial charge in [0.2, 0.25) is 0 Å². The minimum absolute atomic E-state index is 0.656. The fraction of sp³-hybridized carbons (Fsp3) is 0.600. The molecule has 0 aliphatic heterocycles. The molecule has 0 aliphatic carbocycles. The Balaban J connectivity index is 2.48. The van der Waals surface area contributed by atoms with Crippen LogP contribution in [0.3, 0.4) is 0 Å². The summed E-state index contributed by atoms with van der Waals surface area (Å²) in [5.74, 6) is 1.62. The maximum absolute atomic E-state index is 5.56. The summed E-state index contributed by atoms with van der Waals surface area (Å²) in [5, 5.41) is 3.45. The van der Waals surface area contributed by atoms with Gasteiger partial charge in [-0.25, -0.2) is 0 Å². The number of hydrogen-bond donors (Lipinski definition) is 1. The zero-order valence-corrected chi connectivity index (χ0v) is 11.8. The Labute approximate surface area is 110 Å². The standard InChI is InChI=1S/C15H25NO2/c1-4-6-7-10-16-12-13-8-9-14(17-3)15(11-13)18-5-2/h8-9,11,16H,4-7,10,12H2,1-3H3. The smallest absolute Gasteiger partial charge is 0.161 e. The van der Waals surface area contributed by atoms with Gasteiger partial charge in [0.15, 0.2) is 11.5 Å². The molecule has 0 saturated heterocycles. The van der Waals surface area contributed by atoms with Crippen LogP contribution in [0.25, 0.3) is 0 Å². The summed E-state index contributed by atoms with van der Waals surface area (Å²) in [7, 11) is 1.67. The summed E-state index contributed by atoms with van der Waals surface area (Å²) in [5.41, 5.74) is 1.23. The largest absolute Gasteiger partial charge is 0.493 e.